The Bertz CT molecular complexity index is 1370. The van der Waals surface area contributed by atoms with Gasteiger partial charge in [0, 0.05) is 68.2 Å². The van der Waals surface area contributed by atoms with Crippen molar-refractivity contribution < 1.29 is 4.79 Å². The van der Waals surface area contributed by atoms with Gasteiger partial charge in [0.2, 0.25) is 5.91 Å². The molecule has 1 aliphatic heterocycles. The van der Waals surface area contributed by atoms with E-state index in [0.29, 0.717) is 18.2 Å². The SMILES string of the molecule is Cc1cc(-c2ccc3nc(Cc4cc(CN5CCN(C(=O)C6CC6)CC5)ccn4)[nH]c3c2)ncn1. The predicted molar refractivity (Wildman–Crippen MR) is 133 cm³/mol. The number of aromatic nitrogens is 5. The summed E-state index contributed by atoms with van der Waals surface area (Å²) < 4.78 is 0. The molecule has 2 aliphatic rings. The summed E-state index contributed by atoms with van der Waals surface area (Å²) in [5.41, 5.74) is 7.05. The maximum Gasteiger partial charge on any atom is 0.225 e. The van der Waals surface area contributed by atoms with Crippen molar-refractivity contribution in [2.24, 2.45) is 5.92 Å². The molecule has 0 bridgehead atoms. The molecule has 0 radical (unpaired) electrons. The van der Waals surface area contributed by atoms with Gasteiger partial charge in [0.05, 0.1) is 16.7 Å². The molecule has 1 N–H and O–H groups in total. The Labute approximate surface area is 204 Å². The number of aryl methyl sites for hydroxylation is 1. The van der Waals surface area contributed by atoms with Gasteiger partial charge in [-0.25, -0.2) is 15.0 Å². The Kier molecular flexibility index (Phi) is 5.74. The predicted octanol–water partition coefficient (Wildman–Crippen LogP) is 3.37. The molecule has 1 saturated carbocycles. The van der Waals surface area contributed by atoms with E-state index in [0.717, 1.165) is 85.1 Å². The van der Waals surface area contributed by atoms with Crippen molar-refractivity contribution in [3.8, 4) is 11.3 Å². The van der Waals surface area contributed by atoms with Crippen molar-refractivity contribution in [1.29, 1.82) is 0 Å². The summed E-state index contributed by atoms with van der Waals surface area (Å²) in [6, 6.07) is 12.4. The number of fused-ring (bicyclic) bond motifs is 1. The van der Waals surface area contributed by atoms with E-state index in [-0.39, 0.29) is 0 Å². The molecule has 1 aromatic carbocycles. The summed E-state index contributed by atoms with van der Waals surface area (Å²) in [4.78, 5) is 38.2. The van der Waals surface area contributed by atoms with Gasteiger partial charge in [0.25, 0.3) is 0 Å². The molecule has 4 aromatic rings. The lowest BCUT2D eigenvalue weighted by Crippen LogP contribution is -2.48. The van der Waals surface area contributed by atoms with Gasteiger partial charge in [-0.15, -0.1) is 0 Å². The Hall–Kier alpha value is -3.65. The number of imidazole rings is 1. The summed E-state index contributed by atoms with van der Waals surface area (Å²) in [6.07, 6.45) is 6.28. The van der Waals surface area contributed by atoms with Crippen LogP contribution in [0.4, 0.5) is 0 Å². The molecule has 178 valence electrons. The zero-order valence-electron chi connectivity index (χ0n) is 19.9. The van der Waals surface area contributed by atoms with Crippen molar-refractivity contribution in [3.05, 3.63) is 71.7 Å². The number of hydrogen-bond donors (Lipinski definition) is 1. The molecule has 1 saturated heterocycles. The number of piperazine rings is 1. The number of nitrogens with zero attached hydrogens (tertiary/aromatic N) is 6. The number of hydrogen-bond acceptors (Lipinski definition) is 6. The van der Waals surface area contributed by atoms with Gasteiger partial charge in [0.15, 0.2) is 0 Å². The van der Waals surface area contributed by atoms with Crippen LogP contribution in [-0.4, -0.2) is 66.8 Å². The van der Waals surface area contributed by atoms with Crippen LogP contribution in [0.1, 0.15) is 35.6 Å². The van der Waals surface area contributed by atoms with E-state index >= 15 is 0 Å². The van der Waals surface area contributed by atoms with Crippen LogP contribution < -0.4 is 0 Å². The maximum absolute atomic E-state index is 12.3. The van der Waals surface area contributed by atoms with E-state index in [1.807, 2.05) is 36.2 Å². The first kappa shape index (κ1) is 21.9. The highest BCUT2D eigenvalue weighted by Gasteiger charge is 2.34. The van der Waals surface area contributed by atoms with Crippen LogP contribution in [0, 0.1) is 12.8 Å². The van der Waals surface area contributed by atoms with Gasteiger partial charge in [-0.2, -0.15) is 0 Å². The highest BCUT2D eigenvalue weighted by atomic mass is 16.2. The minimum atomic E-state index is 0.311. The first-order chi connectivity index (χ1) is 17.1. The number of nitrogens with one attached hydrogen (secondary N) is 1. The van der Waals surface area contributed by atoms with Crippen LogP contribution in [0.15, 0.2) is 48.9 Å². The number of amides is 1. The lowest BCUT2D eigenvalue weighted by Gasteiger charge is -2.35. The second-order valence-electron chi connectivity index (χ2n) is 9.67. The van der Waals surface area contributed by atoms with Crippen molar-refractivity contribution in [3.63, 3.8) is 0 Å². The van der Waals surface area contributed by atoms with Crippen molar-refractivity contribution in [2.75, 3.05) is 26.2 Å². The summed E-state index contributed by atoms with van der Waals surface area (Å²) in [5, 5.41) is 0. The Balaban J connectivity index is 1.11. The minimum Gasteiger partial charge on any atom is -0.342 e. The molecule has 0 unspecified atom stereocenters. The molecule has 3 aromatic heterocycles. The van der Waals surface area contributed by atoms with Gasteiger partial charge in [-0.1, -0.05) is 6.07 Å². The average molecular weight is 468 g/mol. The molecule has 4 heterocycles. The van der Waals surface area contributed by atoms with E-state index in [1.54, 1.807) is 6.33 Å². The fourth-order valence-corrected chi connectivity index (χ4v) is 4.79. The van der Waals surface area contributed by atoms with Crippen LogP contribution in [-0.2, 0) is 17.8 Å². The zero-order valence-corrected chi connectivity index (χ0v) is 19.9. The molecular formula is C27H29N7O. The van der Waals surface area contributed by atoms with Crippen molar-refractivity contribution >= 4 is 16.9 Å². The number of carbonyl (C=O) groups excluding carboxylic acids is 1. The first-order valence-electron chi connectivity index (χ1n) is 12.3. The largest absolute Gasteiger partial charge is 0.342 e. The van der Waals surface area contributed by atoms with Gasteiger partial charge >= 0.3 is 0 Å². The topological polar surface area (TPSA) is 90.9 Å². The minimum absolute atomic E-state index is 0.311. The third kappa shape index (κ3) is 4.93. The molecular weight excluding hydrogens is 438 g/mol. The average Bonchev–Trinajstić information content (AvgIpc) is 3.64. The smallest absolute Gasteiger partial charge is 0.225 e. The monoisotopic (exact) mass is 467 g/mol. The highest BCUT2D eigenvalue weighted by molar-refractivity contribution is 5.81. The third-order valence-electron chi connectivity index (χ3n) is 6.88. The highest BCUT2D eigenvalue weighted by Crippen LogP contribution is 2.31. The number of carbonyl (C=O) groups is 1. The van der Waals surface area contributed by atoms with E-state index in [1.165, 1.54) is 5.56 Å². The number of benzene rings is 1. The van der Waals surface area contributed by atoms with E-state index in [2.05, 4.69) is 43.0 Å². The third-order valence-corrected chi connectivity index (χ3v) is 6.88. The summed E-state index contributed by atoms with van der Waals surface area (Å²) in [7, 11) is 0. The molecule has 35 heavy (non-hydrogen) atoms. The van der Waals surface area contributed by atoms with E-state index < -0.39 is 0 Å². The molecule has 0 spiro atoms. The van der Waals surface area contributed by atoms with Crippen molar-refractivity contribution in [1.82, 2.24) is 34.7 Å². The summed E-state index contributed by atoms with van der Waals surface area (Å²) in [5.74, 6) is 1.57. The van der Waals surface area contributed by atoms with E-state index in [4.69, 9.17) is 4.98 Å². The molecule has 0 atom stereocenters. The summed E-state index contributed by atoms with van der Waals surface area (Å²) >= 11 is 0. The van der Waals surface area contributed by atoms with Gasteiger partial charge < -0.3 is 9.88 Å². The van der Waals surface area contributed by atoms with Crippen LogP contribution in [0.3, 0.4) is 0 Å². The summed E-state index contributed by atoms with van der Waals surface area (Å²) in [6.45, 7) is 6.37. The Morgan fingerprint density at radius 3 is 2.69 bits per heavy atom. The second-order valence-corrected chi connectivity index (χ2v) is 9.67. The molecule has 1 aliphatic carbocycles. The number of pyridine rings is 1. The molecule has 6 rings (SSSR count). The van der Waals surface area contributed by atoms with Crippen molar-refractivity contribution in [2.45, 2.75) is 32.7 Å². The lowest BCUT2D eigenvalue weighted by molar-refractivity contribution is -0.134. The quantitative estimate of drug-likeness (QED) is 0.468. The van der Waals surface area contributed by atoms with Crippen LogP contribution in [0.25, 0.3) is 22.3 Å². The van der Waals surface area contributed by atoms with Crippen LogP contribution >= 0.6 is 0 Å². The normalized spacial score (nSPS) is 16.7. The van der Waals surface area contributed by atoms with Gasteiger partial charge in [0.1, 0.15) is 12.2 Å². The fourth-order valence-electron chi connectivity index (χ4n) is 4.79. The molecule has 1 amide bonds. The number of aromatic amines is 1. The number of rotatable bonds is 6. The first-order valence-corrected chi connectivity index (χ1v) is 12.3. The molecule has 8 nitrogen and oxygen atoms in total. The van der Waals surface area contributed by atoms with Gasteiger partial charge in [-0.3, -0.25) is 14.7 Å². The van der Waals surface area contributed by atoms with Crippen LogP contribution in [0.2, 0.25) is 0 Å². The van der Waals surface area contributed by atoms with Gasteiger partial charge in [-0.05, 0) is 55.7 Å². The standard InChI is InChI=1S/C27H29N7O/c1-18-12-24(30-17-29-18)21-4-5-23-25(14-21)32-26(31-23)15-22-13-19(6-7-28-22)16-33-8-10-34(11-9-33)27(35)20-2-3-20/h4-7,12-14,17,20H,2-3,8-11,15-16H2,1H3,(H,31,32). The van der Waals surface area contributed by atoms with E-state index in [9.17, 15) is 4.79 Å². The Morgan fingerprint density at radius 2 is 1.89 bits per heavy atom. The fraction of sp³-hybridized carbons (Fsp3) is 0.370. The zero-order chi connectivity index (χ0) is 23.8. The van der Waals surface area contributed by atoms with Crippen LogP contribution in [0.5, 0.6) is 0 Å². The molecule has 8 heteroatoms. The molecule has 2 fully saturated rings. The maximum atomic E-state index is 12.3. The Morgan fingerprint density at radius 1 is 1.03 bits per heavy atom. The second kappa shape index (κ2) is 9.19. The number of H-pyrrole nitrogens is 1. The lowest BCUT2D eigenvalue weighted by atomic mass is 10.1.